The number of aromatic nitrogens is 2. The molecule has 0 N–H and O–H groups in total. The van der Waals surface area contributed by atoms with E-state index in [0.29, 0.717) is 24.5 Å². The quantitative estimate of drug-likeness (QED) is 0.552. The first-order valence-corrected chi connectivity index (χ1v) is 11.2. The smallest absolute Gasteiger partial charge is 0.417 e. The first kappa shape index (κ1) is 19.5. The molecule has 1 spiro atoms. The first-order chi connectivity index (χ1) is 13.2. The lowest BCUT2D eigenvalue weighted by Crippen LogP contribution is -2.57. The van der Waals surface area contributed by atoms with Crippen molar-refractivity contribution >= 4 is 29.6 Å². The van der Waals surface area contributed by atoms with Crippen molar-refractivity contribution < 1.29 is 14.3 Å². The largest absolute Gasteiger partial charge is 0.443 e. The van der Waals surface area contributed by atoms with E-state index in [1.165, 1.54) is 16.7 Å². The molecule has 2 aliphatic heterocycles. The second-order valence-corrected chi connectivity index (χ2v) is 9.68. The molecule has 2 fully saturated rings. The van der Waals surface area contributed by atoms with Crippen LogP contribution < -0.4 is 4.90 Å². The number of hydrogen-bond acceptors (Lipinski definition) is 7. The number of rotatable bonds is 2. The number of imide groups is 1. The third kappa shape index (κ3) is 3.15. The second-order valence-electron chi connectivity index (χ2n) is 8.91. The van der Waals surface area contributed by atoms with Crippen molar-refractivity contribution in [3.8, 4) is 0 Å². The molecule has 152 valence electrons. The van der Waals surface area contributed by atoms with Crippen LogP contribution in [0.3, 0.4) is 0 Å². The van der Waals surface area contributed by atoms with Crippen molar-refractivity contribution in [2.24, 2.45) is 0 Å². The molecule has 1 atom stereocenters. The third-order valence-electron chi connectivity index (χ3n) is 5.87. The van der Waals surface area contributed by atoms with Crippen molar-refractivity contribution in [3.63, 3.8) is 0 Å². The van der Waals surface area contributed by atoms with Crippen LogP contribution in [0.15, 0.2) is 11.4 Å². The SMILES string of the molecule is CSc1ncc2c(n1)N(C1CCCC1)[C@]1(CCN(C(=O)OC(C)(C)C)C1=O)C2. The minimum Gasteiger partial charge on any atom is -0.443 e. The molecule has 7 nitrogen and oxygen atoms in total. The van der Waals surface area contributed by atoms with Gasteiger partial charge in [-0.25, -0.2) is 19.7 Å². The van der Waals surface area contributed by atoms with Gasteiger partial charge in [-0.15, -0.1) is 0 Å². The van der Waals surface area contributed by atoms with Gasteiger partial charge in [0.05, 0.1) is 0 Å². The van der Waals surface area contributed by atoms with E-state index in [9.17, 15) is 9.59 Å². The normalized spacial score (nSPS) is 25.1. The Morgan fingerprint density at radius 3 is 2.68 bits per heavy atom. The third-order valence-corrected chi connectivity index (χ3v) is 6.43. The summed E-state index contributed by atoms with van der Waals surface area (Å²) in [5, 5.41) is 0.716. The average molecular weight is 405 g/mol. The summed E-state index contributed by atoms with van der Waals surface area (Å²) in [6.45, 7) is 5.83. The van der Waals surface area contributed by atoms with Gasteiger partial charge in [-0.05, 0) is 46.3 Å². The van der Waals surface area contributed by atoms with Crippen LogP contribution in [-0.2, 0) is 16.0 Å². The molecule has 2 amide bonds. The Hall–Kier alpha value is -1.83. The molecule has 1 saturated heterocycles. The van der Waals surface area contributed by atoms with Crippen LogP contribution in [0.2, 0.25) is 0 Å². The number of likely N-dealkylation sites (tertiary alicyclic amines) is 1. The molecule has 3 aliphatic rings. The summed E-state index contributed by atoms with van der Waals surface area (Å²) in [6.07, 6.45) is 8.86. The minimum absolute atomic E-state index is 0.155. The fourth-order valence-corrected chi connectivity index (χ4v) is 5.07. The number of carbonyl (C=O) groups is 2. The minimum atomic E-state index is -0.736. The Balaban J connectivity index is 1.69. The highest BCUT2D eigenvalue weighted by Gasteiger charge is 2.59. The Morgan fingerprint density at radius 1 is 1.32 bits per heavy atom. The molecule has 3 heterocycles. The summed E-state index contributed by atoms with van der Waals surface area (Å²) < 4.78 is 5.49. The van der Waals surface area contributed by atoms with E-state index in [1.807, 2.05) is 33.2 Å². The first-order valence-electron chi connectivity index (χ1n) is 9.99. The van der Waals surface area contributed by atoms with E-state index < -0.39 is 17.2 Å². The van der Waals surface area contributed by atoms with Crippen LogP contribution >= 0.6 is 11.8 Å². The highest BCUT2D eigenvalue weighted by Crippen LogP contribution is 2.47. The predicted molar refractivity (Wildman–Crippen MR) is 108 cm³/mol. The molecular weight excluding hydrogens is 376 g/mol. The van der Waals surface area contributed by atoms with Crippen LogP contribution in [0.1, 0.15) is 58.4 Å². The molecule has 1 aromatic rings. The van der Waals surface area contributed by atoms with Crippen LogP contribution in [0.4, 0.5) is 10.6 Å². The Kier molecular flexibility index (Phi) is 4.80. The van der Waals surface area contributed by atoms with E-state index >= 15 is 0 Å². The van der Waals surface area contributed by atoms with Gasteiger partial charge in [0.1, 0.15) is 17.0 Å². The Morgan fingerprint density at radius 2 is 2.04 bits per heavy atom. The molecule has 1 aliphatic carbocycles. The maximum atomic E-state index is 13.6. The second kappa shape index (κ2) is 6.90. The van der Waals surface area contributed by atoms with E-state index in [-0.39, 0.29) is 11.9 Å². The standard InChI is InChI=1S/C20H28N4O3S/c1-19(2,3)27-18(26)23-10-9-20(16(23)25)11-13-12-21-17(28-4)22-15(13)24(20)14-7-5-6-8-14/h12,14H,5-11H2,1-4H3/t20-/m1/s1. The fourth-order valence-electron chi connectivity index (χ4n) is 4.74. The molecule has 0 bridgehead atoms. The number of amides is 2. The molecule has 4 rings (SSSR count). The molecule has 0 radical (unpaired) electrons. The van der Waals surface area contributed by atoms with Gasteiger partial charge in [0.15, 0.2) is 5.16 Å². The van der Waals surface area contributed by atoms with Gasteiger partial charge >= 0.3 is 6.09 Å². The van der Waals surface area contributed by atoms with E-state index in [2.05, 4.69) is 9.88 Å². The monoisotopic (exact) mass is 404 g/mol. The average Bonchev–Trinajstić information content (AvgIpc) is 3.32. The predicted octanol–water partition coefficient (Wildman–Crippen LogP) is 3.41. The van der Waals surface area contributed by atoms with Gasteiger partial charge in [0, 0.05) is 30.8 Å². The van der Waals surface area contributed by atoms with Crippen molar-refractivity contribution in [1.29, 1.82) is 0 Å². The number of nitrogens with zero attached hydrogens (tertiary/aromatic N) is 4. The lowest BCUT2D eigenvalue weighted by Gasteiger charge is -2.39. The van der Waals surface area contributed by atoms with Gasteiger partial charge in [-0.2, -0.15) is 0 Å². The summed E-state index contributed by atoms with van der Waals surface area (Å²) in [6, 6.07) is 0.286. The number of hydrogen-bond donors (Lipinski definition) is 0. The van der Waals surface area contributed by atoms with Crippen LogP contribution in [0.5, 0.6) is 0 Å². The topological polar surface area (TPSA) is 75.6 Å². The Bertz CT molecular complexity index is 803. The molecule has 0 unspecified atom stereocenters. The lowest BCUT2D eigenvalue weighted by atomic mass is 9.91. The number of fused-ring (bicyclic) bond motifs is 1. The lowest BCUT2D eigenvalue weighted by molar-refractivity contribution is -0.131. The van der Waals surface area contributed by atoms with Crippen LogP contribution in [0.25, 0.3) is 0 Å². The number of anilines is 1. The molecule has 1 aromatic heterocycles. The van der Waals surface area contributed by atoms with Gasteiger partial charge in [0.25, 0.3) is 5.91 Å². The van der Waals surface area contributed by atoms with E-state index in [1.54, 1.807) is 0 Å². The molecular formula is C20H28N4O3S. The summed E-state index contributed by atoms with van der Waals surface area (Å²) in [7, 11) is 0. The van der Waals surface area contributed by atoms with E-state index in [4.69, 9.17) is 9.72 Å². The van der Waals surface area contributed by atoms with Crippen molar-refractivity contribution in [1.82, 2.24) is 14.9 Å². The zero-order valence-electron chi connectivity index (χ0n) is 17.0. The zero-order chi connectivity index (χ0) is 20.1. The summed E-state index contributed by atoms with van der Waals surface area (Å²) in [5.74, 6) is 0.725. The van der Waals surface area contributed by atoms with Gasteiger partial charge in [-0.3, -0.25) is 4.79 Å². The summed E-state index contributed by atoms with van der Waals surface area (Å²) >= 11 is 1.50. The molecule has 8 heteroatoms. The molecule has 0 aromatic carbocycles. The van der Waals surface area contributed by atoms with E-state index in [0.717, 1.165) is 37.1 Å². The zero-order valence-corrected chi connectivity index (χ0v) is 17.8. The van der Waals surface area contributed by atoms with Crippen molar-refractivity contribution in [3.05, 3.63) is 11.8 Å². The molecule has 28 heavy (non-hydrogen) atoms. The number of ether oxygens (including phenoxy) is 1. The van der Waals surface area contributed by atoms with Gasteiger partial charge in [-0.1, -0.05) is 24.6 Å². The maximum absolute atomic E-state index is 13.6. The number of carbonyl (C=O) groups excluding carboxylic acids is 2. The summed E-state index contributed by atoms with van der Waals surface area (Å²) in [4.78, 5) is 38.9. The van der Waals surface area contributed by atoms with Gasteiger partial charge in [0.2, 0.25) is 0 Å². The Labute approximate surface area is 170 Å². The fraction of sp³-hybridized carbons (Fsp3) is 0.700. The highest BCUT2D eigenvalue weighted by atomic mass is 32.2. The van der Waals surface area contributed by atoms with Crippen molar-refractivity contribution in [2.45, 2.75) is 81.6 Å². The molecule has 1 saturated carbocycles. The highest BCUT2D eigenvalue weighted by molar-refractivity contribution is 7.98. The summed E-state index contributed by atoms with van der Waals surface area (Å²) in [5.41, 5.74) is -0.362. The van der Waals surface area contributed by atoms with Crippen LogP contribution in [-0.4, -0.2) is 56.9 Å². The van der Waals surface area contributed by atoms with Crippen molar-refractivity contribution in [2.75, 3.05) is 17.7 Å². The van der Waals surface area contributed by atoms with Crippen LogP contribution in [0, 0.1) is 0 Å². The van der Waals surface area contributed by atoms with Gasteiger partial charge < -0.3 is 9.64 Å². The maximum Gasteiger partial charge on any atom is 0.417 e. The number of thioether (sulfide) groups is 1.